The summed E-state index contributed by atoms with van der Waals surface area (Å²) in [6.45, 7) is 3.96. The van der Waals surface area contributed by atoms with Crippen molar-refractivity contribution < 1.29 is 34.4 Å². The summed E-state index contributed by atoms with van der Waals surface area (Å²) in [5, 5.41) is 33.2. The number of benzene rings is 2. The number of ether oxygens (including phenoxy) is 2. The Hall–Kier alpha value is -2.67. The number of hydrogen-bond donors (Lipinski definition) is 4. The van der Waals surface area contributed by atoms with Gasteiger partial charge in [-0.3, -0.25) is 9.59 Å². The molecule has 218 valence electrons. The first-order valence-electron chi connectivity index (χ1n) is 13.5. The van der Waals surface area contributed by atoms with Gasteiger partial charge in [0.05, 0.1) is 29.9 Å². The van der Waals surface area contributed by atoms with Gasteiger partial charge >= 0.3 is 0 Å². The first kappa shape index (κ1) is 31.9. The molecule has 0 saturated carbocycles. The maximum atomic E-state index is 13.5. The summed E-state index contributed by atoms with van der Waals surface area (Å²) in [4.78, 5) is 28.2. The smallest absolute Gasteiger partial charge is 0.247 e. The molecule has 1 aliphatic carbocycles. The fraction of sp³-hybridized carbons (Fsp3) is 0.467. The molecule has 40 heavy (non-hydrogen) atoms. The largest absolute Gasteiger partial charge is 0.493 e. The Morgan fingerprint density at radius 1 is 1.15 bits per heavy atom. The molecule has 0 bridgehead atoms. The zero-order chi connectivity index (χ0) is 29.2. The zero-order valence-electron chi connectivity index (χ0n) is 23.2. The number of aliphatic hydroxyl groups excluding tert-OH is 3. The van der Waals surface area contributed by atoms with Gasteiger partial charge in [0.15, 0.2) is 11.5 Å². The first-order chi connectivity index (χ1) is 19.2. The van der Waals surface area contributed by atoms with Crippen molar-refractivity contribution in [1.82, 2.24) is 10.2 Å². The number of aryl methyl sites for hydroxylation is 1. The molecule has 3 atom stereocenters. The Bertz CT molecular complexity index is 1190. The van der Waals surface area contributed by atoms with E-state index in [2.05, 4.69) is 27.9 Å². The third-order valence-electron chi connectivity index (χ3n) is 6.88. The number of nitrogens with zero attached hydrogens (tertiary/aromatic N) is 1. The number of halogens is 1. The summed E-state index contributed by atoms with van der Waals surface area (Å²) in [6.07, 6.45) is 1.45. The van der Waals surface area contributed by atoms with E-state index in [9.17, 15) is 24.9 Å². The van der Waals surface area contributed by atoms with E-state index in [1.807, 2.05) is 38.1 Å². The van der Waals surface area contributed by atoms with E-state index in [-0.39, 0.29) is 38.6 Å². The molecule has 10 heteroatoms. The molecule has 0 aliphatic heterocycles. The van der Waals surface area contributed by atoms with Crippen LogP contribution in [0.3, 0.4) is 0 Å². The van der Waals surface area contributed by atoms with Crippen molar-refractivity contribution in [3.05, 3.63) is 68.3 Å². The molecule has 0 heterocycles. The predicted octanol–water partition coefficient (Wildman–Crippen LogP) is 3.24. The normalized spacial score (nSPS) is 18.6. The number of rotatable bonds is 13. The average molecular weight is 667 g/mol. The van der Waals surface area contributed by atoms with Crippen LogP contribution in [-0.4, -0.2) is 70.5 Å². The highest BCUT2D eigenvalue weighted by Gasteiger charge is 2.40. The summed E-state index contributed by atoms with van der Waals surface area (Å²) < 4.78 is 12.5. The fourth-order valence-corrected chi connectivity index (χ4v) is 5.44. The van der Waals surface area contributed by atoms with Crippen LogP contribution in [0, 0.1) is 10.5 Å². The van der Waals surface area contributed by atoms with Crippen LogP contribution in [0.25, 0.3) is 0 Å². The molecular formula is C30H39IN2O7. The lowest BCUT2D eigenvalue weighted by Gasteiger charge is -2.41. The van der Waals surface area contributed by atoms with Crippen LogP contribution in [0.4, 0.5) is 0 Å². The van der Waals surface area contributed by atoms with Gasteiger partial charge in [-0.25, -0.2) is 0 Å². The predicted molar refractivity (Wildman–Crippen MR) is 160 cm³/mol. The minimum Gasteiger partial charge on any atom is -0.493 e. The third kappa shape index (κ3) is 8.18. The minimum absolute atomic E-state index is 0.0752. The van der Waals surface area contributed by atoms with E-state index in [1.165, 1.54) is 7.11 Å². The maximum absolute atomic E-state index is 13.5. The number of carbonyl (C=O) groups is 2. The van der Waals surface area contributed by atoms with Gasteiger partial charge in [0.2, 0.25) is 11.8 Å². The monoisotopic (exact) mass is 666 g/mol. The second-order valence-corrected chi connectivity index (χ2v) is 11.1. The van der Waals surface area contributed by atoms with Crippen molar-refractivity contribution in [2.24, 2.45) is 0 Å². The van der Waals surface area contributed by atoms with Crippen molar-refractivity contribution in [3.63, 3.8) is 0 Å². The molecule has 0 spiro atoms. The lowest BCUT2D eigenvalue weighted by molar-refractivity contribution is -0.139. The molecule has 0 unspecified atom stereocenters. The molecule has 0 fully saturated rings. The SMILES string of the molecule is CCCCC(=O)N(Cc1ccc(C)cc1)[C@@H]1CC(C(=O)NCCO)=C[C@H](Oc2c(I)cc(CO)cc2OC)[C@H]1O. The molecule has 0 saturated heterocycles. The van der Waals surface area contributed by atoms with Gasteiger partial charge in [-0.1, -0.05) is 43.2 Å². The number of carbonyl (C=O) groups excluding carboxylic acids is 2. The molecule has 3 rings (SSSR count). The van der Waals surface area contributed by atoms with Gasteiger partial charge in [-0.05, 0) is 65.3 Å². The van der Waals surface area contributed by atoms with E-state index in [0.29, 0.717) is 39.0 Å². The van der Waals surface area contributed by atoms with E-state index in [4.69, 9.17) is 9.47 Å². The van der Waals surface area contributed by atoms with Crippen LogP contribution >= 0.6 is 22.6 Å². The summed E-state index contributed by atoms with van der Waals surface area (Å²) in [7, 11) is 1.48. The van der Waals surface area contributed by atoms with E-state index >= 15 is 0 Å². The molecule has 1 aliphatic rings. The van der Waals surface area contributed by atoms with Gasteiger partial charge in [-0.15, -0.1) is 0 Å². The molecule has 2 aromatic carbocycles. The standard InChI is InChI=1S/C30H39IN2O7/c1-4-5-6-27(36)33(17-20-9-7-19(2)8-10-20)24-15-22(30(38)32-11-12-34)16-25(28(24)37)40-29-23(31)13-21(18-35)14-26(29)39-3/h7-10,13-14,16,24-25,28,34-35,37H,4-6,11-12,15,17-18H2,1-3H3,(H,32,38)/t24-,25+,28+/m1/s1. The fourth-order valence-electron chi connectivity index (χ4n) is 4.65. The van der Waals surface area contributed by atoms with Gasteiger partial charge in [0.1, 0.15) is 12.2 Å². The molecule has 9 nitrogen and oxygen atoms in total. The lowest BCUT2D eigenvalue weighted by Crippen LogP contribution is -2.54. The summed E-state index contributed by atoms with van der Waals surface area (Å²) >= 11 is 2.07. The highest BCUT2D eigenvalue weighted by atomic mass is 127. The minimum atomic E-state index is -1.15. The number of methoxy groups -OCH3 is 1. The van der Waals surface area contributed by atoms with Crippen molar-refractivity contribution >= 4 is 34.4 Å². The Labute approximate surface area is 249 Å². The molecule has 0 radical (unpaired) electrons. The Kier molecular flexibility index (Phi) is 12.2. The average Bonchev–Trinajstić information content (AvgIpc) is 2.96. The highest BCUT2D eigenvalue weighted by Crippen LogP contribution is 2.37. The van der Waals surface area contributed by atoms with Crippen LogP contribution in [0.5, 0.6) is 11.5 Å². The number of hydrogen-bond acceptors (Lipinski definition) is 7. The van der Waals surface area contributed by atoms with Gasteiger partial charge in [0, 0.05) is 31.5 Å². The first-order valence-corrected chi connectivity index (χ1v) is 14.6. The molecular weight excluding hydrogens is 627 g/mol. The zero-order valence-corrected chi connectivity index (χ0v) is 25.4. The quantitative estimate of drug-likeness (QED) is 0.242. The summed E-state index contributed by atoms with van der Waals surface area (Å²) in [6, 6.07) is 10.5. The van der Waals surface area contributed by atoms with Crippen LogP contribution in [0.15, 0.2) is 48.0 Å². The molecule has 2 aromatic rings. The van der Waals surface area contributed by atoms with Crippen LogP contribution < -0.4 is 14.8 Å². The Morgan fingerprint density at radius 3 is 2.50 bits per heavy atom. The third-order valence-corrected chi connectivity index (χ3v) is 7.68. The molecule has 0 aromatic heterocycles. The molecule has 2 amide bonds. The van der Waals surface area contributed by atoms with Crippen molar-refractivity contribution in [2.75, 3.05) is 20.3 Å². The lowest BCUT2D eigenvalue weighted by atomic mass is 9.87. The Morgan fingerprint density at radius 2 is 1.88 bits per heavy atom. The van der Waals surface area contributed by atoms with Crippen molar-refractivity contribution in [3.8, 4) is 11.5 Å². The number of aliphatic hydroxyl groups is 3. The van der Waals surface area contributed by atoms with Gasteiger partial charge in [-0.2, -0.15) is 0 Å². The summed E-state index contributed by atoms with van der Waals surface area (Å²) in [5.74, 6) is 0.231. The number of unbranched alkanes of at least 4 members (excludes halogenated alkanes) is 1. The van der Waals surface area contributed by atoms with Crippen LogP contribution in [0.2, 0.25) is 0 Å². The van der Waals surface area contributed by atoms with Gasteiger partial charge < -0.3 is 35.0 Å². The highest BCUT2D eigenvalue weighted by molar-refractivity contribution is 14.1. The van der Waals surface area contributed by atoms with Crippen molar-refractivity contribution in [1.29, 1.82) is 0 Å². The van der Waals surface area contributed by atoms with E-state index in [1.54, 1.807) is 23.1 Å². The second-order valence-electron chi connectivity index (χ2n) is 9.89. The molecule has 4 N–H and O–H groups in total. The van der Waals surface area contributed by atoms with Crippen LogP contribution in [0.1, 0.15) is 49.3 Å². The summed E-state index contributed by atoms with van der Waals surface area (Å²) in [5.41, 5.74) is 3.00. The Balaban J connectivity index is 2.02. The number of nitrogens with one attached hydrogen (secondary N) is 1. The van der Waals surface area contributed by atoms with E-state index in [0.717, 1.165) is 17.5 Å². The second kappa shape index (κ2) is 15.4. The van der Waals surface area contributed by atoms with Crippen LogP contribution in [-0.2, 0) is 22.7 Å². The topological polar surface area (TPSA) is 129 Å². The van der Waals surface area contributed by atoms with E-state index < -0.39 is 24.2 Å². The number of amides is 2. The maximum Gasteiger partial charge on any atom is 0.247 e. The van der Waals surface area contributed by atoms with Gasteiger partial charge in [0.25, 0.3) is 0 Å². The van der Waals surface area contributed by atoms with Crippen molar-refractivity contribution in [2.45, 2.75) is 70.9 Å².